The van der Waals surface area contributed by atoms with Crippen molar-refractivity contribution in [3.8, 4) is 0 Å². The summed E-state index contributed by atoms with van der Waals surface area (Å²) < 4.78 is 25.9. The molecule has 0 aliphatic carbocycles. The van der Waals surface area contributed by atoms with E-state index in [4.69, 9.17) is 4.55 Å². The Morgan fingerprint density at radius 1 is 0.833 bits per heavy atom. The van der Waals surface area contributed by atoms with Gasteiger partial charge in [0.15, 0.2) is 0 Å². The van der Waals surface area contributed by atoms with Crippen LogP contribution in [0.1, 0.15) is 59.3 Å². The van der Waals surface area contributed by atoms with Crippen LogP contribution in [-0.4, -0.2) is 43.8 Å². The Bertz CT molecular complexity index is 226. The third-order valence-electron chi connectivity index (χ3n) is 2.48. The predicted octanol–water partition coefficient (Wildman–Crippen LogP) is 3.19. The zero-order valence-corrected chi connectivity index (χ0v) is 13.3. The van der Waals surface area contributed by atoms with Crippen molar-refractivity contribution in [3.63, 3.8) is 0 Å². The lowest BCUT2D eigenvalue weighted by molar-refractivity contribution is 0.261. The Balaban J connectivity index is 0. The highest BCUT2D eigenvalue weighted by atomic mass is 32.2. The van der Waals surface area contributed by atoms with Crippen LogP contribution < -0.4 is 0 Å². The predicted molar refractivity (Wildman–Crippen MR) is 78.6 cm³/mol. The minimum absolute atomic E-state index is 0.715. The van der Waals surface area contributed by atoms with Gasteiger partial charge in [-0.05, 0) is 38.9 Å². The van der Waals surface area contributed by atoms with Gasteiger partial charge in [-0.1, -0.05) is 40.0 Å². The largest absolute Gasteiger partial charge is 0.303 e. The first-order valence-electron chi connectivity index (χ1n) is 6.99. The lowest BCUT2D eigenvalue weighted by Crippen LogP contribution is -2.27. The van der Waals surface area contributed by atoms with Crippen LogP contribution in [0.25, 0.3) is 0 Å². The maximum atomic E-state index is 9.19. The molecule has 0 heterocycles. The summed E-state index contributed by atoms with van der Waals surface area (Å²) in [5, 5.41) is 0. The van der Waals surface area contributed by atoms with Gasteiger partial charge in [0.1, 0.15) is 0 Å². The van der Waals surface area contributed by atoms with Gasteiger partial charge in [0, 0.05) is 0 Å². The Hall–Kier alpha value is -0.130. The monoisotopic (exact) mass is 281 g/mol. The molecule has 0 aliphatic rings. The zero-order valence-electron chi connectivity index (χ0n) is 12.5. The van der Waals surface area contributed by atoms with Gasteiger partial charge in [-0.2, -0.15) is 8.42 Å². The van der Waals surface area contributed by atoms with E-state index in [0.29, 0.717) is 6.26 Å². The zero-order chi connectivity index (χ0) is 14.4. The molecule has 0 saturated heterocycles. The minimum Gasteiger partial charge on any atom is -0.303 e. The molecule has 0 spiro atoms. The van der Waals surface area contributed by atoms with E-state index in [2.05, 4.69) is 25.7 Å². The summed E-state index contributed by atoms with van der Waals surface area (Å²) in [6.45, 7) is 10.8. The van der Waals surface area contributed by atoms with E-state index in [0.717, 1.165) is 0 Å². The summed E-state index contributed by atoms with van der Waals surface area (Å²) in [4.78, 5) is 2.64. The molecule has 0 atom stereocenters. The van der Waals surface area contributed by atoms with Crippen molar-refractivity contribution in [2.24, 2.45) is 0 Å². The van der Waals surface area contributed by atoms with Gasteiger partial charge >= 0.3 is 0 Å². The van der Waals surface area contributed by atoms with Crippen molar-refractivity contribution in [3.05, 3.63) is 0 Å². The van der Waals surface area contributed by atoms with E-state index in [-0.39, 0.29) is 0 Å². The summed E-state index contributed by atoms with van der Waals surface area (Å²) in [7, 11) is -3.67. The Morgan fingerprint density at radius 2 is 1.06 bits per heavy atom. The molecule has 0 aromatic rings. The second-order valence-corrected chi connectivity index (χ2v) is 6.10. The molecular weight excluding hydrogens is 250 g/mol. The van der Waals surface area contributed by atoms with Crippen LogP contribution in [-0.2, 0) is 10.1 Å². The Labute approximate surface area is 114 Å². The molecule has 5 heteroatoms. The van der Waals surface area contributed by atoms with Crippen molar-refractivity contribution < 1.29 is 13.0 Å². The Morgan fingerprint density at radius 3 is 1.22 bits per heavy atom. The van der Waals surface area contributed by atoms with Crippen LogP contribution in [0.5, 0.6) is 0 Å². The molecule has 0 fully saturated rings. The van der Waals surface area contributed by atoms with Crippen molar-refractivity contribution in [2.45, 2.75) is 59.3 Å². The first kappa shape index (κ1) is 20.2. The lowest BCUT2D eigenvalue weighted by atomic mass is 10.2. The third-order valence-corrected chi connectivity index (χ3v) is 2.48. The summed E-state index contributed by atoms with van der Waals surface area (Å²) in [6.07, 6.45) is 8.81. The van der Waals surface area contributed by atoms with E-state index in [9.17, 15) is 8.42 Å². The van der Waals surface area contributed by atoms with Crippen LogP contribution >= 0.6 is 0 Å². The molecule has 0 radical (unpaired) electrons. The fourth-order valence-electron chi connectivity index (χ4n) is 1.48. The topological polar surface area (TPSA) is 57.6 Å². The number of rotatable bonds is 9. The van der Waals surface area contributed by atoms with E-state index >= 15 is 0 Å². The molecule has 0 saturated carbocycles. The molecular formula is C13H31NO3S. The lowest BCUT2D eigenvalue weighted by Gasteiger charge is -2.21. The molecule has 0 bridgehead atoms. The average molecular weight is 281 g/mol. The Kier molecular flexibility index (Phi) is 14.9. The molecule has 0 aliphatic heterocycles. The van der Waals surface area contributed by atoms with E-state index in [1.54, 1.807) is 0 Å². The summed E-state index contributed by atoms with van der Waals surface area (Å²) in [5.74, 6) is 0. The molecule has 0 aromatic heterocycles. The summed E-state index contributed by atoms with van der Waals surface area (Å²) in [6, 6.07) is 0. The van der Waals surface area contributed by atoms with Gasteiger partial charge in [0.2, 0.25) is 0 Å². The van der Waals surface area contributed by atoms with E-state index < -0.39 is 10.1 Å². The maximum absolute atomic E-state index is 9.19. The third kappa shape index (κ3) is 24.9. The van der Waals surface area contributed by atoms with Crippen molar-refractivity contribution in [1.29, 1.82) is 0 Å². The summed E-state index contributed by atoms with van der Waals surface area (Å²) >= 11 is 0. The summed E-state index contributed by atoms with van der Waals surface area (Å²) in [5.41, 5.74) is 0. The number of hydrogen-bond donors (Lipinski definition) is 1. The molecule has 1 N–H and O–H groups in total. The molecule has 0 aromatic carbocycles. The van der Waals surface area contributed by atoms with Gasteiger partial charge in [-0.15, -0.1) is 0 Å². The second-order valence-electron chi connectivity index (χ2n) is 4.64. The van der Waals surface area contributed by atoms with Crippen LogP contribution in [0, 0.1) is 0 Å². The van der Waals surface area contributed by atoms with Gasteiger partial charge in [0.25, 0.3) is 10.1 Å². The maximum Gasteiger partial charge on any atom is 0.261 e. The average Bonchev–Trinajstić information content (AvgIpc) is 2.26. The number of hydrogen-bond acceptors (Lipinski definition) is 3. The fourth-order valence-corrected chi connectivity index (χ4v) is 1.48. The SMILES string of the molecule is CCCCN(CCCC)CCCC.CS(=O)(=O)O. The van der Waals surface area contributed by atoms with Crippen LogP contribution in [0.15, 0.2) is 0 Å². The van der Waals surface area contributed by atoms with Crippen LogP contribution in [0.2, 0.25) is 0 Å². The molecule has 0 amide bonds. The smallest absolute Gasteiger partial charge is 0.261 e. The first-order chi connectivity index (χ1) is 8.35. The van der Waals surface area contributed by atoms with Crippen molar-refractivity contribution in [2.75, 3.05) is 25.9 Å². The highest BCUT2D eigenvalue weighted by molar-refractivity contribution is 7.85. The van der Waals surface area contributed by atoms with Gasteiger partial charge in [-0.25, -0.2) is 0 Å². The molecule has 18 heavy (non-hydrogen) atoms. The van der Waals surface area contributed by atoms with Gasteiger partial charge < -0.3 is 4.90 Å². The first-order valence-corrected chi connectivity index (χ1v) is 8.84. The van der Waals surface area contributed by atoms with E-state index in [1.807, 2.05) is 0 Å². The number of unbranched alkanes of at least 4 members (excludes halogenated alkanes) is 3. The molecule has 0 unspecified atom stereocenters. The quantitative estimate of drug-likeness (QED) is 0.659. The van der Waals surface area contributed by atoms with Crippen LogP contribution in [0.4, 0.5) is 0 Å². The molecule has 0 rings (SSSR count). The minimum atomic E-state index is -3.67. The van der Waals surface area contributed by atoms with Gasteiger partial charge in [0.05, 0.1) is 6.26 Å². The van der Waals surface area contributed by atoms with E-state index in [1.165, 1.54) is 58.2 Å². The van der Waals surface area contributed by atoms with Crippen LogP contribution in [0.3, 0.4) is 0 Å². The standard InChI is InChI=1S/C12H27N.CH4O3S/c1-4-7-10-13(11-8-5-2)12-9-6-3;1-5(2,3)4/h4-12H2,1-3H3;1H3,(H,2,3,4). The highest BCUT2D eigenvalue weighted by Gasteiger charge is 2.01. The molecule has 112 valence electrons. The second kappa shape index (κ2) is 13.3. The molecule has 4 nitrogen and oxygen atoms in total. The van der Waals surface area contributed by atoms with Crippen molar-refractivity contribution >= 4 is 10.1 Å². The number of nitrogens with zero attached hydrogens (tertiary/aromatic N) is 1. The highest BCUT2D eigenvalue weighted by Crippen LogP contribution is 2.01. The normalized spacial score (nSPS) is 11.2. The van der Waals surface area contributed by atoms with Crippen molar-refractivity contribution in [1.82, 2.24) is 4.90 Å². The fraction of sp³-hybridized carbons (Fsp3) is 1.00. The van der Waals surface area contributed by atoms with Gasteiger partial charge in [-0.3, -0.25) is 4.55 Å².